The maximum Gasteiger partial charge on any atom is 0.243 e. The van der Waals surface area contributed by atoms with Gasteiger partial charge in [-0.2, -0.15) is 4.98 Å². The second-order valence-electron chi connectivity index (χ2n) is 3.78. The van der Waals surface area contributed by atoms with E-state index in [1.165, 1.54) is 16.8 Å². The van der Waals surface area contributed by atoms with Gasteiger partial charge in [0.1, 0.15) is 5.82 Å². The molecule has 0 aliphatic heterocycles. The van der Waals surface area contributed by atoms with E-state index in [0.29, 0.717) is 18.1 Å². The molecule has 7 heteroatoms. The van der Waals surface area contributed by atoms with Crippen LogP contribution in [0.5, 0.6) is 0 Å². The normalized spacial score (nSPS) is 14.8. The van der Waals surface area contributed by atoms with Crippen LogP contribution in [0.3, 0.4) is 0 Å². The lowest BCUT2D eigenvalue weighted by Gasteiger charge is -2.07. The summed E-state index contributed by atoms with van der Waals surface area (Å²) in [4.78, 5) is 4.16. The highest BCUT2D eigenvalue weighted by Crippen LogP contribution is 2.07. The number of rotatable bonds is 4. The van der Waals surface area contributed by atoms with Crippen molar-refractivity contribution in [2.45, 2.75) is 12.2 Å². The molecule has 0 fully saturated rings. The van der Waals surface area contributed by atoms with Crippen LogP contribution >= 0.6 is 0 Å². The molecule has 2 unspecified atom stereocenters. The SMILES string of the molecule is CC(CNc1nc2ccc(F)cn2n1)S(C)=O. The van der Waals surface area contributed by atoms with Crippen LogP contribution in [0.25, 0.3) is 5.65 Å². The molecule has 0 saturated carbocycles. The molecule has 0 aliphatic carbocycles. The number of aromatic nitrogens is 3. The molecule has 0 amide bonds. The van der Waals surface area contributed by atoms with E-state index in [1.807, 2.05) is 6.92 Å². The van der Waals surface area contributed by atoms with Gasteiger partial charge in [0, 0.05) is 28.9 Å². The van der Waals surface area contributed by atoms with Gasteiger partial charge in [-0.15, -0.1) is 5.10 Å². The molecular weight excluding hydrogens is 243 g/mol. The smallest absolute Gasteiger partial charge is 0.243 e. The summed E-state index contributed by atoms with van der Waals surface area (Å²) in [7, 11) is -0.890. The lowest BCUT2D eigenvalue weighted by atomic mass is 10.5. The highest BCUT2D eigenvalue weighted by molar-refractivity contribution is 7.84. The molecule has 2 rings (SSSR count). The van der Waals surface area contributed by atoms with Gasteiger partial charge in [-0.25, -0.2) is 8.91 Å². The molecule has 0 bridgehead atoms. The standard InChI is InChI=1S/C10H13FN4OS/c1-7(17(2)16)5-12-10-13-9-4-3-8(11)6-15(9)14-10/h3-4,6-7H,5H2,1-2H3,(H,12,14). The monoisotopic (exact) mass is 256 g/mol. The zero-order valence-corrected chi connectivity index (χ0v) is 10.4. The van der Waals surface area contributed by atoms with Gasteiger partial charge in [0.15, 0.2) is 5.65 Å². The maximum atomic E-state index is 12.9. The van der Waals surface area contributed by atoms with Gasteiger partial charge in [-0.3, -0.25) is 4.21 Å². The van der Waals surface area contributed by atoms with Crippen molar-refractivity contribution >= 4 is 22.4 Å². The summed E-state index contributed by atoms with van der Waals surface area (Å²) in [6.07, 6.45) is 2.91. The van der Waals surface area contributed by atoms with Crippen LogP contribution < -0.4 is 5.32 Å². The molecule has 2 aromatic heterocycles. The Bertz CT molecular complexity index is 556. The molecule has 1 N–H and O–H groups in total. The lowest BCUT2D eigenvalue weighted by Crippen LogP contribution is -2.21. The van der Waals surface area contributed by atoms with Gasteiger partial charge < -0.3 is 5.32 Å². The van der Waals surface area contributed by atoms with Crippen LogP contribution in [0.2, 0.25) is 0 Å². The second-order valence-corrected chi connectivity index (χ2v) is 5.58. The second kappa shape index (κ2) is 4.79. The zero-order chi connectivity index (χ0) is 12.4. The van der Waals surface area contributed by atoms with Gasteiger partial charge in [0.2, 0.25) is 5.95 Å². The Morgan fingerprint density at radius 1 is 1.59 bits per heavy atom. The molecule has 0 saturated heterocycles. The van der Waals surface area contributed by atoms with E-state index in [-0.39, 0.29) is 11.1 Å². The summed E-state index contributed by atoms with van der Waals surface area (Å²) in [6, 6.07) is 2.88. The minimum absolute atomic E-state index is 0.0124. The fourth-order valence-electron chi connectivity index (χ4n) is 1.29. The Hall–Kier alpha value is -1.50. The molecular formula is C10H13FN4OS. The van der Waals surface area contributed by atoms with Gasteiger partial charge in [0.25, 0.3) is 0 Å². The topological polar surface area (TPSA) is 59.3 Å². The third-order valence-electron chi connectivity index (χ3n) is 2.41. The molecule has 0 aliphatic rings. The van der Waals surface area contributed by atoms with Crippen molar-refractivity contribution in [3.05, 3.63) is 24.1 Å². The molecule has 0 aromatic carbocycles. The molecule has 2 heterocycles. The van der Waals surface area contributed by atoms with Crippen LogP contribution in [0.15, 0.2) is 18.3 Å². The first-order valence-electron chi connectivity index (χ1n) is 5.14. The first kappa shape index (κ1) is 12.0. The number of nitrogens with zero attached hydrogens (tertiary/aromatic N) is 3. The van der Waals surface area contributed by atoms with Crippen molar-refractivity contribution in [3.63, 3.8) is 0 Å². The summed E-state index contributed by atoms with van der Waals surface area (Å²) in [5.41, 5.74) is 0.569. The van der Waals surface area contributed by atoms with Gasteiger partial charge in [0.05, 0.1) is 6.20 Å². The molecule has 2 aromatic rings. The Kier molecular flexibility index (Phi) is 3.37. The third kappa shape index (κ3) is 2.79. The van der Waals surface area contributed by atoms with E-state index in [1.54, 1.807) is 12.3 Å². The van der Waals surface area contributed by atoms with Crippen LogP contribution in [0, 0.1) is 5.82 Å². The van der Waals surface area contributed by atoms with Gasteiger partial charge >= 0.3 is 0 Å². The number of halogens is 1. The first-order valence-corrected chi connectivity index (χ1v) is 6.76. The van der Waals surface area contributed by atoms with E-state index in [0.717, 1.165) is 0 Å². The van der Waals surface area contributed by atoms with E-state index >= 15 is 0 Å². The highest BCUT2D eigenvalue weighted by atomic mass is 32.2. The van der Waals surface area contributed by atoms with E-state index in [4.69, 9.17) is 0 Å². The predicted octanol–water partition coefficient (Wildman–Crippen LogP) is 1.05. The summed E-state index contributed by atoms with van der Waals surface area (Å²) >= 11 is 0. The fourth-order valence-corrected chi connectivity index (χ4v) is 1.60. The molecule has 92 valence electrons. The number of hydrogen-bond acceptors (Lipinski definition) is 4. The average Bonchev–Trinajstić information content (AvgIpc) is 2.67. The quantitative estimate of drug-likeness (QED) is 0.888. The average molecular weight is 256 g/mol. The van der Waals surface area contributed by atoms with Crippen LogP contribution in [0.1, 0.15) is 6.92 Å². The number of fused-ring (bicyclic) bond motifs is 1. The van der Waals surface area contributed by atoms with Gasteiger partial charge in [-0.1, -0.05) is 0 Å². The largest absolute Gasteiger partial charge is 0.352 e. The minimum atomic E-state index is -0.890. The summed E-state index contributed by atoms with van der Waals surface area (Å²) < 4.78 is 25.4. The van der Waals surface area contributed by atoms with Crippen molar-refractivity contribution in [2.75, 3.05) is 18.1 Å². The first-order chi connectivity index (χ1) is 8.06. The van der Waals surface area contributed by atoms with Gasteiger partial charge in [-0.05, 0) is 19.1 Å². The van der Waals surface area contributed by atoms with Crippen LogP contribution in [0.4, 0.5) is 10.3 Å². The number of anilines is 1. The fraction of sp³-hybridized carbons (Fsp3) is 0.400. The zero-order valence-electron chi connectivity index (χ0n) is 9.55. The summed E-state index contributed by atoms with van der Waals surface area (Å²) in [5.74, 6) is 0.0462. The lowest BCUT2D eigenvalue weighted by molar-refractivity contribution is 0.615. The Labute approximate surface area is 101 Å². The third-order valence-corrected chi connectivity index (χ3v) is 3.71. The molecule has 0 spiro atoms. The molecule has 2 atom stereocenters. The number of pyridine rings is 1. The Morgan fingerprint density at radius 3 is 3.06 bits per heavy atom. The van der Waals surface area contributed by atoms with Crippen LogP contribution in [-0.2, 0) is 10.8 Å². The van der Waals surface area contributed by atoms with E-state index in [9.17, 15) is 8.60 Å². The van der Waals surface area contributed by atoms with Crippen molar-refractivity contribution in [2.24, 2.45) is 0 Å². The van der Waals surface area contributed by atoms with E-state index < -0.39 is 10.8 Å². The van der Waals surface area contributed by atoms with Crippen LogP contribution in [-0.4, -0.2) is 36.9 Å². The Balaban J connectivity index is 2.12. The summed E-state index contributed by atoms with van der Waals surface area (Å²) in [5, 5.41) is 7.05. The van der Waals surface area contributed by atoms with E-state index in [2.05, 4.69) is 15.4 Å². The highest BCUT2D eigenvalue weighted by Gasteiger charge is 2.08. The number of nitrogens with one attached hydrogen (secondary N) is 1. The molecule has 0 radical (unpaired) electrons. The maximum absolute atomic E-state index is 12.9. The predicted molar refractivity (Wildman–Crippen MR) is 65.0 cm³/mol. The number of hydrogen-bond donors (Lipinski definition) is 1. The van der Waals surface area contributed by atoms with Crippen molar-refractivity contribution < 1.29 is 8.60 Å². The minimum Gasteiger partial charge on any atom is -0.352 e. The Morgan fingerprint density at radius 2 is 2.35 bits per heavy atom. The molecule has 5 nitrogen and oxygen atoms in total. The summed E-state index contributed by atoms with van der Waals surface area (Å²) in [6.45, 7) is 2.39. The van der Waals surface area contributed by atoms with Crippen molar-refractivity contribution in [1.82, 2.24) is 14.6 Å². The molecule has 17 heavy (non-hydrogen) atoms. The van der Waals surface area contributed by atoms with Crippen molar-refractivity contribution in [1.29, 1.82) is 0 Å². The van der Waals surface area contributed by atoms with Crippen molar-refractivity contribution in [3.8, 4) is 0 Å².